The van der Waals surface area contributed by atoms with Gasteiger partial charge < -0.3 is 14.0 Å². The molecule has 0 radical (unpaired) electrons. The van der Waals surface area contributed by atoms with E-state index in [-0.39, 0.29) is 18.2 Å². The Morgan fingerprint density at radius 1 is 1.58 bits per heavy atom. The van der Waals surface area contributed by atoms with Gasteiger partial charge in [-0.05, 0) is 26.1 Å². The third-order valence-electron chi connectivity index (χ3n) is 2.99. The lowest BCUT2D eigenvalue weighted by Crippen LogP contribution is -2.27. The van der Waals surface area contributed by atoms with Crippen molar-refractivity contribution in [2.75, 3.05) is 20.1 Å². The van der Waals surface area contributed by atoms with Gasteiger partial charge in [-0.1, -0.05) is 0 Å². The zero-order chi connectivity index (χ0) is 13.8. The van der Waals surface area contributed by atoms with Crippen LogP contribution in [0.4, 0.5) is 0 Å². The Labute approximate surface area is 113 Å². The average Bonchev–Trinajstić information content (AvgIpc) is 2.84. The summed E-state index contributed by atoms with van der Waals surface area (Å²) in [5.41, 5.74) is 0.434. The minimum absolute atomic E-state index is 0.265. The van der Waals surface area contributed by atoms with Crippen molar-refractivity contribution in [1.82, 2.24) is 9.55 Å². The summed E-state index contributed by atoms with van der Waals surface area (Å²) in [7, 11) is 1.11. The van der Waals surface area contributed by atoms with Crippen LogP contribution in [-0.4, -0.2) is 36.0 Å². The maximum Gasteiger partial charge on any atom is 0.349 e. The molecule has 1 fully saturated rings. The van der Waals surface area contributed by atoms with E-state index < -0.39 is 8.15 Å². The van der Waals surface area contributed by atoms with Gasteiger partial charge in [-0.25, -0.2) is 4.79 Å². The van der Waals surface area contributed by atoms with Crippen LogP contribution in [0, 0.1) is 6.92 Å². The van der Waals surface area contributed by atoms with E-state index in [0.29, 0.717) is 12.0 Å². The molecule has 0 N–H and O–H groups in total. The predicted molar refractivity (Wildman–Crippen MR) is 72.2 cm³/mol. The Kier molecular flexibility index (Phi) is 5.05. The zero-order valence-corrected chi connectivity index (χ0v) is 12.3. The number of aryl methyl sites for hydroxylation is 1. The minimum atomic E-state index is -0.557. The second-order valence-corrected chi connectivity index (χ2v) is 6.34. The number of hydrogen-bond donors (Lipinski definition) is 0. The van der Waals surface area contributed by atoms with Gasteiger partial charge in [0.25, 0.3) is 0 Å². The molecule has 0 spiro atoms. The third kappa shape index (κ3) is 3.83. The predicted octanol–water partition coefficient (Wildman–Crippen LogP) is 1.83. The highest BCUT2D eigenvalue weighted by Crippen LogP contribution is 2.34. The quantitative estimate of drug-likeness (QED) is 0.773. The van der Waals surface area contributed by atoms with Gasteiger partial charge in [-0.2, -0.15) is 4.98 Å². The van der Waals surface area contributed by atoms with E-state index in [0.717, 1.165) is 12.8 Å². The molecule has 1 aromatic rings. The zero-order valence-electron chi connectivity index (χ0n) is 11.4. The Hall–Kier alpha value is -0.810. The van der Waals surface area contributed by atoms with Gasteiger partial charge in [-0.15, -0.1) is 0 Å². The van der Waals surface area contributed by atoms with Crippen LogP contribution in [0.3, 0.4) is 0 Å². The summed E-state index contributed by atoms with van der Waals surface area (Å²) < 4.78 is 18.0. The monoisotopic (exact) mass is 286 g/mol. The molecule has 1 aliphatic rings. The van der Waals surface area contributed by atoms with Crippen LogP contribution in [0.1, 0.15) is 24.8 Å². The molecule has 2 unspecified atom stereocenters. The van der Waals surface area contributed by atoms with Crippen molar-refractivity contribution in [3.8, 4) is 0 Å². The van der Waals surface area contributed by atoms with Crippen LogP contribution in [0.5, 0.6) is 0 Å². The molecule has 0 saturated carbocycles. The fraction of sp³-hybridized carbons (Fsp3) is 0.667. The van der Waals surface area contributed by atoms with Crippen molar-refractivity contribution in [3.05, 3.63) is 28.4 Å². The largest absolute Gasteiger partial charge is 0.360 e. The lowest BCUT2D eigenvalue weighted by Gasteiger charge is -2.17. The van der Waals surface area contributed by atoms with Gasteiger partial charge in [0.2, 0.25) is 0 Å². The first-order chi connectivity index (χ1) is 9.10. The van der Waals surface area contributed by atoms with Crippen LogP contribution in [0.25, 0.3) is 0 Å². The number of nitrogens with zero attached hydrogens (tertiary/aromatic N) is 2. The minimum Gasteiger partial charge on any atom is -0.360 e. The van der Waals surface area contributed by atoms with E-state index in [1.54, 1.807) is 26.3 Å². The highest BCUT2D eigenvalue weighted by molar-refractivity contribution is 7.51. The van der Waals surface area contributed by atoms with Gasteiger partial charge in [-0.3, -0.25) is 4.57 Å². The molecule has 6 nitrogen and oxygen atoms in total. The Bertz CT molecular complexity index is 479. The molecule has 0 aliphatic carbocycles. The number of hydrogen-bond acceptors (Lipinski definition) is 5. The fourth-order valence-corrected chi connectivity index (χ4v) is 2.36. The van der Waals surface area contributed by atoms with Crippen molar-refractivity contribution in [3.63, 3.8) is 0 Å². The highest BCUT2D eigenvalue weighted by atomic mass is 31.1. The van der Waals surface area contributed by atoms with Gasteiger partial charge in [0.05, 0.1) is 14.5 Å². The summed E-state index contributed by atoms with van der Waals surface area (Å²) in [5, 5.41) is 0. The number of ether oxygens (including phenoxy) is 2. The molecule has 106 valence electrons. The van der Waals surface area contributed by atoms with E-state index >= 15 is 0 Å². The number of rotatable bonds is 5. The van der Waals surface area contributed by atoms with Crippen LogP contribution in [-0.2, 0) is 14.0 Å². The topological polar surface area (TPSA) is 62.6 Å². The molecular formula is C12H19N2O4P. The summed E-state index contributed by atoms with van der Waals surface area (Å²) in [6.45, 7) is 3.79. The van der Waals surface area contributed by atoms with Gasteiger partial charge in [0, 0.05) is 25.4 Å². The molecule has 1 saturated heterocycles. The molecule has 0 amide bonds. The van der Waals surface area contributed by atoms with Crippen LogP contribution < -0.4 is 5.69 Å². The lowest BCUT2D eigenvalue weighted by molar-refractivity contribution is -0.140. The third-order valence-corrected chi connectivity index (χ3v) is 4.13. The molecule has 1 aromatic heterocycles. The summed E-state index contributed by atoms with van der Waals surface area (Å²) in [4.78, 5) is 15.7. The first-order valence-electron chi connectivity index (χ1n) is 6.18. The molecule has 1 aliphatic heterocycles. The van der Waals surface area contributed by atoms with E-state index in [2.05, 4.69) is 4.98 Å². The van der Waals surface area contributed by atoms with E-state index in [9.17, 15) is 4.79 Å². The Morgan fingerprint density at radius 3 is 3.05 bits per heavy atom. The first kappa shape index (κ1) is 14.6. The summed E-state index contributed by atoms with van der Waals surface area (Å²) in [6.07, 6.45) is 3.25. The molecule has 0 bridgehead atoms. The van der Waals surface area contributed by atoms with Crippen molar-refractivity contribution in [1.29, 1.82) is 0 Å². The molecular weight excluding hydrogens is 267 g/mol. The normalized spacial score (nSPS) is 24.6. The Morgan fingerprint density at radius 2 is 2.37 bits per heavy atom. The van der Waals surface area contributed by atoms with Crippen molar-refractivity contribution < 1.29 is 14.0 Å². The standard InChI is InChI=1S/C12H19N2O4P/c1-9-6-7-14(12(15)13-9)10-4-5-11(18-10)17-8-19(3)16-2/h6-7,10-11H,4-5,8H2,1-3H3/t10-,11?,19?/m1/s1. The smallest absolute Gasteiger partial charge is 0.349 e. The highest BCUT2D eigenvalue weighted by Gasteiger charge is 2.28. The van der Waals surface area contributed by atoms with Crippen LogP contribution in [0.15, 0.2) is 17.1 Å². The van der Waals surface area contributed by atoms with Crippen LogP contribution in [0.2, 0.25) is 0 Å². The van der Waals surface area contributed by atoms with Crippen molar-refractivity contribution in [2.24, 2.45) is 0 Å². The molecule has 2 heterocycles. The molecule has 19 heavy (non-hydrogen) atoms. The summed E-state index contributed by atoms with van der Waals surface area (Å²) in [5.74, 6) is 0. The maximum atomic E-state index is 11.8. The first-order valence-corrected chi connectivity index (χ1v) is 8.07. The van der Waals surface area contributed by atoms with Gasteiger partial charge >= 0.3 is 5.69 Å². The Balaban J connectivity index is 1.93. The average molecular weight is 286 g/mol. The van der Waals surface area contributed by atoms with E-state index in [1.165, 1.54) is 4.57 Å². The summed E-state index contributed by atoms with van der Waals surface area (Å²) >= 11 is 0. The van der Waals surface area contributed by atoms with E-state index in [1.807, 2.05) is 6.66 Å². The lowest BCUT2D eigenvalue weighted by atomic mass is 10.3. The second-order valence-electron chi connectivity index (χ2n) is 4.46. The number of aromatic nitrogens is 2. The second kappa shape index (κ2) is 6.57. The SMILES string of the molecule is COP(C)COC1CC[C@H](n2ccc(C)nc2=O)O1. The van der Waals surface area contributed by atoms with Gasteiger partial charge in [0.1, 0.15) is 6.23 Å². The fourth-order valence-electron chi connectivity index (χ4n) is 1.87. The molecule has 0 aromatic carbocycles. The van der Waals surface area contributed by atoms with Crippen molar-refractivity contribution >= 4 is 8.15 Å². The van der Waals surface area contributed by atoms with Gasteiger partial charge in [0.15, 0.2) is 6.29 Å². The molecule has 3 atom stereocenters. The maximum absolute atomic E-state index is 11.8. The molecule has 2 rings (SSSR count). The van der Waals surface area contributed by atoms with Crippen LogP contribution >= 0.6 is 8.15 Å². The summed E-state index contributed by atoms with van der Waals surface area (Å²) in [6, 6.07) is 1.80. The molecule has 7 heteroatoms. The van der Waals surface area contributed by atoms with Crippen molar-refractivity contribution in [2.45, 2.75) is 32.3 Å². The van der Waals surface area contributed by atoms with E-state index in [4.69, 9.17) is 14.0 Å².